The number of rotatable bonds is 4. The van der Waals surface area contributed by atoms with E-state index in [1.54, 1.807) is 25.1 Å². The fourth-order valence-corrected chi connectivity index (χ4v) is 4.19. The van der Waals surface area contributed by atoms with Crippen molar-refractivity contribution in [3.05, 3.63) is 28.8 Å². The highest BCUT2D eigenvalue weighted by Gasteiger charge is 2.25. The molecule has 112 valence electrons. The number of aliphatic hydroxyl groups excluding tert-OH is 1. The molecule has 0 radical (unpaired) electrons. The third kappa shape index (κ3) is 3.52. The molecule has 20 heavy (non-hydrogen) atoms. The Morgan fingerprint density at radius 1 is 1.35 bits per heavy atom. The highest BCUT2D eigenvalue weighted by Crippen LogP contribution is 2.25. The zero-order chi connectivity index (χ0) is 14.8. The lowest BCUT2D eigenvalue weighted by Gasteiger charge is -2.27. The molecule has 1 fully saturated rings. The normalized spacial score (nSPS) is 23.8. The van der Waals surface area contributed by atoms with Crippen molar-refractivity contribution in [2.75, 3.05) is 6.54 Å². The van der Waals surface area contributed by atoms with Crippen molar-refractivity contribution < 1.29 is 13.5 Å². The van der Waals surface area contributed by atoms with Crippen LogP contribution in [0.1, 0.15) is 31.2 Å². The van der Waals surface area contributed by atoms with Gasteiger partial charge in [-0.25, -0.2) is 13.1 Å². The van der Waals surface area contributed by atoms with Crippen LogP contribution in [0, 0.1) is 12.8 Å². The van der Waals surface area contributed by atoms with E-state index in [4.69, 9.17) is 11.6 Å². The Morgan fingerprint density at radius 2 is 2.05 bits per heavy atom. The molecule has 1 aliphatic carbocycles. The topological polar surface area (TPSA) is 66.4 Å². The zero-order valence-electron chi connectivity index (χ0n) is 11.5. The highest BCUT2D eigenvalue weighted by atomic mass is 35.5. The van der Waals surface area contributed by atoms with Crippen LogP contribution in [0.5, 0.6) is 0 Å². The third-order valence-electron chi connectivity index (χ3n) is 3.91. The van der Waals surface area contributed by atoms with Crippen molar-refractivity contribution in [3.8, 4) is 0 Å². The van der Waals surface area contributed by atoms with Gasteiger partial charge in [-0.15, -0.1) is 0 Å². The second-order valence-electron chi connectivity index (χ2n) is 5.33. The molecule has 0 amide bonds. The standard InChI is InChI=1S/C14H20ClNO3S/c1-10-12(15)6-4-8-14(10)20(18,19)16-9-11-5-2-3-7-13(11)17/h4,6,8,11,13,16-17H,2-3,5,7,9H2,1H3. The SMILES string of the molecule is Cc1c(Cl)cccc1S(=O)(=O)NCC1CCCCC1O. The van der Waals surface area contributed by atoms with Crippen LogP contribution in [0.25, 0.3) is 0 Å². The van der Waals surface area contributed by atoms with Gasteiger partial charge in [0.1, 0.15) is 0 Å². The molecule has 0 aromatic heterocycles. The van der Waals surface area contributed by atoms with Gasteiger partial charge in [-0.05, 0) is 43.4 Å². The van der Waals surface area contributed by atoms with Gasteiger partial charge in [0.2, 0.25) is 10.0 Å². The van der Waals surface area contributed by atoms with Crippen molar-refractivity contribution in [3.63, 3.8) is 0 Å². The largest absolute Gasteiger partial charge is 0.393 e. The summed E-state index contributed by atoms with van der Waals surface area (Å²) in [6.45, 7) is 1.96. The average Bonchev–Trinajstić information content (AvgIpc) is 2.41. The summed E-state index contributed by atoms with van der Waals surface area (Å²) in [5, 5.41) is 10.3. The van der Waals surface area contributed by atoms with Crippen LogP contribution in [0.15, 0.2) is 23.1 Å². The molecule has 0 spiro atoms. The van der Waals surface area contributed by atoms with E-state index in [9.17, 15) is 13.5 Å². The van der Waals surface area contributed by atoms with E-state index in [2.05, 4.69) is 4.72 Å². The van der Waals surface area contributed by atoms with Crippen LogP contribution < -0.4 is 4.72 Å². The third-order valence-corrected chi connectivity index (χ3v) is 5.89. The summed E-state index contributed by atoms with van der Waals surface area (Å²) in [6.07, 6.45) is 3.25. The molecule has 1 aromatic carbocycles. The van der Waals surface area contributed by atoms with E-state index >= 15 is 0 Å². The van der Waals surface area contributed by atoms with Crippen LogP contribution in [0.4, 0.5) is 0 Å². The second-order valence-corrected chi connectivity index (χ2v) is 7.47. The first-order valence-corrected chi connectivity index (χ1v) is 8.71. The fraction of sp³-hybridized carbons (Fsp3) is 0.571. The summed E-state index contributed by atoms with van der Waals surface area (Å²) in [6, 6.07) is 4.83. The summed E-state index contributed by atoms with van der Waals surface area (Å²) in [5.41, 5.74) is 0.547. The smallest absolute Gasteiger partial charge is 0.240 e. The fourth-order valence-electron chi connectivity index (χ4n) is 2.60. The van der Waals surface area contributed by atoms with Gasteiger partial charge in [0.05, 0.1) is 11.0 Å². The molecule has 1 aromatic rings. The van der Waals surface area contributed by atoms with Crippen LogP contribution >= 0.6 is 11.6 Å². The molecule has 6 heteroatoms. The Bertz CT molecular complexity index is 574. The van der Waals surface area contributed by atoms with Gasteiger partial charge in [0.15, 0.2) is 0 Å². The maximum atomic E-state index is 12.3. The lowest BCUT2D eigenvalue weighted by molar-refractivity contribution is 0.0724. The number of halogens is 1. The van der Waals surface area contributed by atoms with Crippen molar-refractivity contribution >= 4 is 21.6 Å². The van der Waals surface area contributed by atoms with Crippen molar-refractivity contribution in [2.45, 2.75) is 43.6 Å². The van der Waals surface area contributed by atoms with Gasteiger partial charge in [-0.3, -0.25) is 0 Å². The Balaban J connectivity index is 2.09. The number of hydrogen-bond acceptors (Lipinski definition) is 3. The van der Waals surface area contributed by atoms with Crippen LogP contribution in [0.3, 0.4) is 0 Å². The van der Waals surface area contributed by atoms with Gasteiger partial charge < -0.3 is 5.11 Å². The molecule has 2 unspecified atom stereocenters. The lowest BCUT2D eigenvalue weighted by atomic mass is 9.87. The molecule has 2 atom stereocenters. The van der Waals surface area contributed by atoms with E-state index in [1.807, 2.05) is 0 Å². The number of hydrogen-bond donors (Lipinski definition) is 2. The number of sulfonamides is 1. The van der Waals surface area contributed by atoms with Gasteiger partial charge in [-0.2, -0.15) is 0 Å². The summed E-state index contributed by atoms with van der Waals surface area (Å²) in [4.78, 5) is 0.204. The average molecular weight is 318 g/mol. The predicted octanol–water partition coefficient (Wildman–Crippen LogP) is 2.48. The van der Waals surface area contributed by atoms with Crippen LogP contribution in [-0.4, -0.2) is 26.2 Å². The summed E-state index contributed by atoms with van der Waals surface area (Å²) in [5.74, 6) is -0.00184. The van der Waals surface area contributed by atoms with Crippen molar-refractivity contribution in [1.82, 2.24) is 4.72 Å². The minimum atomic E-state index is -3.58. The van der Waals surface area contributed by atoms with Gasteiger partial charge in [0.25, 0.3) is 0 Å². The molecule has 0 heterocycles. The summed E-state index contributed by atoms with van der Waals surface area (Å²) < 4.78 is 27.2. The van der Waals surface area contributed by atoms with E-state index in [0.717, 1.165) is 25.7 Å². The highest BCUT2D eigenvalue weighted by molar-refractivity contribution is 7.89. The van der Waals surface area contributed by atoms with E-state index < -0.39 is 16.1 Å². The summed E-state index contributed by atoms with van der Waals surface area (Å²) in [7, 11) is -3.58. The quantitative estimate of drug-likeness (QED) is 0.896. The molecular weight excluding hydrogens is 298 g/mol. The maximum Gasteiger partial charge on any atom is 0.240 e. The molecule has 4 nitrogen and oxygen atoms in total. The molecule has 2 N–H and O–H groups in total. The Hall–Kier alpha value is -0.620. The molecule has 0 aliphatic heterocycles. The monoisotopic (exact) mass is 317 g/mol. The second kappa shape index (κ2) is 6.43. The van der Waals surface area contributed by atoms with Gasteiger partial charge >= 0.3 is 0 Å². The Labute approximate surface area is 125 Å². The minimum absolute atomic E-state index is 0.00184. The summed E-state index contributed by atoms with van der Waals surface area (Å²) >= 11 is 5.96. The maximum absolute atomic E-state index is 12.3. The first-order valence-electron chi connectivity index (χ1n) is 6.84. The molecule has 0 bridgehead atoms. The predicted molar refractivity (Wildman–Crippen MR) is 79.3 cm³/mol. The van der Waals surface area contributed by atoms with Crippen molar-refractivity contribution in [1.29, 1.82) is 0 Å². The Kier molecular flexibility index (Phi) is 5.07. The number of benzene rings is 1. The molecule has 0 saturated heterocycles. The molecule has 1 aliphatic rings. The number of nitrogens with one attached hydrogen (secondary N) is 1. The number of aliphatic hydroxyl groups is 1. The minimum Gasteiger partial charge on any atom is -0.393 e. The van der Waals surface area contributed by atoms with Gasteiger partial charge in [-0.1, -0.05) is 30.5 Å². The van der Waals surface area contributed by atoms with E-state index in [1.165, 1.54) is 0 Å². The lowest BCUT2D eigenvalue weighted by Crippen LogP contribution is -2.36. The first kappa shape index (κ1) is 15.8. The zero-order valence-corrected chi connectivity index (χ0v) is 13.0. The van der Waals surface area contributed by atoms with Crippen LogP contribution in [-0.2, 0) is 10.0 Å². The van der Waals surface area contributed by atoms with Crippen molar-refractivity contribution in [2.24, 2.45) is 5.92 Å². The first-order chi connectivity index (χ1) is 9.42. The molecular formula is C14H20ClNO3S. The van der Waals surface area contributed by atoms with Gasteiger partial charge in [0, 0.05) is 11.6 Å². The molecule has 1 saturated carbocycles. The molecule has 2 rings (SSSR count). The Morgan fingerprint density at radius 3 is 2.75 bits per heavy atom. The van der Waals surface area contributed by atoms with Crippen LogP contribution in [0.2, 0.25) is 5.02 Å². The van der Waals surface area contributed by atoms with E-state index in [-0.39, 0.29) is 17.4 Å². The van der Waals surface area contributed by atoms with E-state index in [0.29, 0.717) is 10.6 Å².